The second-order valence-electron chi connectivity index (χ2n) is 9.56. The Bertz CT molecular complexity index is 1140. The van der Waals surface area contributed by atoms with Gasteiger partial charge in [0.2, 0.25) is 5.91 Å². The largest absolute Gasteiger partial charge is 0.497 e. The van der Waals surface area contributed by atoms with E-state index in [9.17, 15) is 4.79 Å². The zero-order valence-corrected chi connectivity index (χ0v) is 20.5. The molecule has 0 aliphatic carbocycles. The molecule has 0 bridgehead atoms. The van der Waals surface area contributed by atoms with Crippen LogP contribution in [0.3, 0.4) is 0 Å². The van der Waals surface area contributed by atoms with Gasteiger partial charge in [0.05, 0.1) is 7.11 Å². The number of para-hydroxylation sites is 1. The smallest absolute Gasteiger partial charge is 0.219 e. The quantitative estimate of drug-likeness (QED) is 0.508. The van der Waals surface area contributed by atoms with Gasteiger partial charge in [0.25, 0.3) is 0 Å². The first kappa shape index (κ1) is 23.4. The second kappa shape index (κ2) is 10.5. The lowest BCUT2D eigenvalue weighted by Gasteiger charge is -2.39. The molecular formula is C29H33N3O3. The van der Waals surface area contributed by atoms with Crippen molar-refractivity contribution in [2.75, 3.05) is 26.7 Å². The average Bonchev–Trinajstić information content (AvgIpc) is 3.28. The predicted molar refractivity (Wildman–Crippen MR) is 135 cm³/mol. The average molecular weight is 472 g/mol. The van der Waals surface area contributed by atoms with Crippen molar-refractivity contribution < 1.29 is 14.3 Å². The molecule has 0 N–H and O–H groups in total. The number of fused-ring (bicyclic) bond motifs is 1. The first-order valence-corrected chi connectivity index (χ1v) is 12.4. The van der Waals surface area contributed by atoms with Gasteiger partial charge in [-0.2, -0.15) is 0 Å². The topological polar surface area (TPSA) is 54.9 Å². The number of amides is 1. The highest BCUT2D eigenvalue weighted by atomic mass is 16.5. The van der Waals surface area contributed by atoms with Crippen LogP contribution in [0.15, 0.2) is 73.1 Å². The summed E-state index contributed by atoms with van der Waals surface area (Å²) in [6, 6.07) is 20.9. The van der Waals surface area contributed by atoms with Gasteiger partial charge in [-0.25, -0.2) is 0 Å². The Morgan fingerprint density at radius 2 is 1.89 bits per heavy atom. The number of hydrogen-bond acceptors (Lipinski definition) is 5. The van der Waals surface area contributed by atoms with E-state index < -0.39 is 0 Å². The maximum absolute atomic E-state index is 12.5. The number of ether oxygens (including phenoxy) is 2. The summed E-state index contributed by atoms with van der Waals surface area (Å²) in [5, 5.41) is 0. The molecule has 2 aromatic carbocycles. The Morgan fingerprint density at radius 3 is 2.63 bits per heavy atom. The standard InChI is InChI=1S/C29H33N3O3/c1-21(33)32-19-26(23-9-11-25(34-2)12-10-23)27-18-31(15-13-28(27)32)17-24-7-3-4-8-29(24)35-20-22-6-5-14-30-16-22/h3-12,14,16,26-28H,13,15,17-20H2,1-2H3/t26-,27-,28-/m1/s1. The number of carbonyl (C=O) groups excluding carboxylic acids is 1. The van der Waals surface area contributed by atoms with E-state index in [1.54, 1.807) is 20.2 Å². The van der Waals surface area contributed by atoms with E-state index >= 15 is 0 Å². The number of carbonyl (C=O) groups is 1. The molecule has 6 nitrogen and oxygen atoms in total. The van der Waals surface area contributed by atoms with Crippen LogP contribution in [0, 0.1) is 5.92 Å². The highest BCUT2D eigenvalue weighted by molar-refractivity contribution is 5.74. The van der Waals surface area contributed by atoms with Crippen molar-refractivity contribution in [3.63, 3.8) is 0 Å². The number of methoxy groups -OCH3 is 1. The molecule has 3 atom stereocenters. The lowest BCUT2D eigenvalue weighted by molar-refractivity contribution is -0.130. The number of likely N-dealkylation sites (tertiary alicyclic amines) is 2. The maximum Gasteiger partial charge on any atom is 0.219 e. The molecule has 1 amide bonds. The zero-order valence-electron chi connectivity index (χ0n) is 20.5. The predicted octanol–water partition coefficient (Wildman–Crippen LogP) is 4.51. The van der Waals surface area contributed by atoms with Crippen LogP contribution in [0.2, 0.25) is 0 Å². The van der Waals surface area contributed by atoms with E-state index in [1.807, 2.05) is 42.6 Å². The monoisotopic (exact) mass is 471 g/mol. The van der Waals surface area contributed by atoms with E-state index in [2.05, 4.69) is 39.0 Å². The third-order valence-electron chi connectivity index (χ3n) is 7.45. The minimum Gasteiger partial charge on any atom is -0.497 e. The fourth-order valence-electron chi connectivity index (χ4n) is 5.68. The Hall–Kier alpha value is -3.38. The summed E-state index contributed by atoms with van der Waals surface area (Å²) in [5.41, 5.74) is 3.53. The molecule has 3 aromatic rings. The third-order valence-corrected chi connectivity index (χ3v) is 7.45. The van der Waals surface area contributed by atoms with E-state index in [4.69, 9.17) is 9.47 Å². The summed E-state index contributed by atoms with van der Waals surface area (Å²) in [7, 11) is 1.69. The van der Waals surface area contributed by atoms with Crippen molar-refractivity contribution in [1.29, 1.82) is 0 Å². The van der Waals surface area contributed by atoms with Gasteiger partial charge in [-0.15, -0.1) is 0 Å². The maximum atomic E-state index is 12.5. The molecule has 0 unspecified atom stereocenters. The minimum atomic E-state index is 0.179. The van der Waals surface area contributed by atoms with Crippen molar-refractivity contribution in [1.82, 2.24) is 14.8 Å². The molecule has 0 spiro atoms. The molecule has 0 radical (unpaired) electrons. The third kappa shape index (κ3) is 5.17. The molecule has 0 saturated carbocycles. The van der Waals surface area contributed by atoms with Gasteiger partial charge in [-0.05, 0) is 36.2 Å². The van der Waals surface area contributed by atoms with Gasteiger partial charge < -0.3 is 14.4 Å². The van der Waals surface area contributed by atoms with Crippen LogP contribution in [-0.2, 0) is 17.9 Å². The summed E-state index contributed by atoms with van der Waals surface area (Å²) < 4.78 is 11.5. The Labute approximate surface area is 207 Å². The molecule has 35 heavy (non-hydrogen) atoms. The van der Waals surface area contributed by atoms with Gasteiger partial charge in [-0.3, -0.25) is 14.7 Å². The molecule has 182 valence electrons. The summed E-state index contributed by atoms with van der Waals surface area (Å²) in [4.78, 5) is 21.3. The SMILES string of the molecule is COc1ccc([C@H]2CN(C(C)=O)[C@@H]3CCN(Cc4ccccc4OCc4cccnc4)C[C@H]23)cc1. The van der Waals surface area contributed by atoms with Crippen LogP contribution in [0.5, 0.6) is 11.5 Å². The molecule has 2 aliphatic heterocycles. The van der Waals surface area contributed by atoms with Gasteiger partial charge >= 0.3 is 0 Å². The Balaban J connectivity index is 1.31. The molecule has 2 aliphatic rings. The molecule has 3 heterocycles. The Kier molecular flexibility index (Phi) is 7.00. The molecule has 6 heteroatoms. The van der Waals surface area contributed by atoms with Gasteiger partial charge in [0.1, 0.15) is 18.1 Å². The summed E-state index contributed by atoms with van der Waals surface area (Å²) in [6.45, 7) is 5.76. The number of hydrogen-bond donors (Lipinski definition) is 0. The van der Waals surface area contributed by atoms with Crippen LogP contribution in [0.4, 0.5) is 0 Å². The van der Waals surface area contributed by atoms with Crippen LogP contribution in [0.1, 0.15) is 36.0 Å². The first-order valence-electron chi connectivity index (χ1n) is 12.4. The molecule has 1 aromatic heterocycles. The fraction of sp³-hybridized carbons (Fsp3) is 0.379. The van der Waals surface area contributed by atoms with Gasteiger partial charge in [0, 0.05) is 74.5 Å². The van der Waals surface area contributed by atoms with E-state index in [1.165, 1.54) is 11.1 Å². The van der Waals surface area contributed by atoms with Crippen LogP contribution >= 0.6 is 0 Å². The normalized spacial score (nSPS) is 22.0. The molecule has 2 fully saturated rings. The number of pyridine rings is 1. The van der Waals surface area contributed by atoms with Gasteiger partial charge in [0.15, 0.2) is 0 Å². The van der Waals surface area contributed by atoms with E-state index in [0.717, 1.165) is 49.7 Å². The molecule has 5 rings (SSSR count). The van der Waals surface area contributed by atoms with Crippen molar-refractivity contribution in [2.45, 2.75) is 38.5 Å². The first-order chi connectivity index (χ1) is 17.1. The highest BCUT2D eigenvalue weighted by Crippen LogP contribution is 2.42. The second-order valence-corrected chi connectivity index (χ2v) is 9.56. The number of benzene rings is 2. The molecule has 2 saturated heterocycles. The summed E-state index contributed by atoms with van der Waals surface area (Å²) in [6.07, 6.45) is 4.61. The summed E-state index contributed by atoms with van der Waals surface area (Å²) >= 11 is 0. The number of rotatable bonds is 7. The van der Waals surface area contributed by atoms with Crippen molar-refractivity contribution in [3.8, 4) is 11.5 Å². The van der Waals surface area contributed by atoms with Crippen LogP contribution in [-0.4, -0.2) is 53.5 Å². The minimum absolute atomic E-state index is 0.179. The van der Waals surface area contributed by atoms with Crippen LogP contribution < -0.4 is 9.47 Å². The van der Waals surface area contributed by atoms with Crippen molar-refractivity contribution in [2.24, 2.45) is 5.92 Å². The van der Waals surface area contributed by atoms with Crippen LogP contribution in [0.25, 0.3) is 0 Å². The van der Waals surface area contributed by atoms with Crippen molar-refractivity contribution >= 4 is 5.91 Å². The van der Waals surface area contributed by atoms with Crippen molar-refractivity contribution in [3.05, 3.63) is 89.7 Å². The number of aromatic nitrogens is 1. The molecular weight excluding hydrogens is 438 g/mol. The zero-order chi connectivity index (χ0) is 24.2. The lowest BCUT2D eigenvalue weighted by atomic mass is 9.81. The lowest BCUT2D eigenvalue weighted by Crippen LogP contribution is -2.47. The summed E-state index contributed by atoms with van der Waals surface area (Å²) in [5.74, 6) is 2.69. The fourth-order valence-corrected chi connectivity index (χ4v) is 5.68. The number of nitrogens with zero attached hydrogens (tertiary/aromatic N) is 3. The Morgan fingerprint density at radius 1 is 1.06 bits per heavy atom. The van der Waals surface area contributed by atoms with E-state index in [0.29, 0.717) is 24.5 Å². The highest BCUT2D eigenvalue weighted by Gasteiger charge is 2.46. The van der Waals surface area contributed by atoms with Gasteiger partial charge in [-0.1, -0.05) is 36.4 Å². The van der Waals surface area contributed by atoms with E-state index in [-0.39, 0.29) is 5.91 Å². The number of piperidine rings is 1.